The van der Waals surface area contributed by atoms with Crippen molar-refractivity contribution in [2.45, 2.75) is 13.3 Å². The number of ether oxygens (including phenoxy) is 2. The van der Waals surface area contributed by atoms with Crippen molar-refractivity contribution in [1.82, 2.24) is 0 Å². The third-order valence-electron chi connectivity index (χ3n) is 3.76. The number of benzene rings is 2. The van der Waals surface area contributed by atoms with E-state index in [-0.39, 0.29) is 11.1 Å². The second kappa shape index (κ2) is 8.10. The highest BCUT2D eigenvalue weighted by atomic mass is 32.2. The predicted octanol–water partition coefficient (Wildman–Crippen LogP) is 4.72. The summed E-state index contributed by atoms with van der Waals surface area (Å²) in [5.41, 5.74) is 1.34. The number of anilines is 1. The number of imide groups is 1. The molecule has 0 N–H and O–H groups in total. The molecule has 1 fully saturated rings. The lowest BCUT2D eigenvalue weighted by molar-refractivity contribution is -0.113. The molecule has 0 saturated carbocycles. The number of hydrogen-bond donors (Lipinski definition) is 0. The van der Waals surface area contributed by atoms with Crippen molar-refractivity contribution in [3.8, 4) is 11.5 Å². The van der Waals surface area contributed by atoms with Crippen LogP contribution in [0.1, 0.15) is 18.9 Å². The Morgan fingerprint density at radius 2 is 1.85 bits per heavy atom. The van der Waals surface area contributed by atoms with Crippen molar-refractivity contribution < 1.29 is 19.1 Å². The van der Waals surface area contributed by atoms with Gasteiger partial charge < -0.3 is 9.47 Å². The van der Waals surface area contributed by atoms with E-state index in [0.29, 0.717) is 28.7 Å². The fraction of sp³-hybridized carbons (Fsp3) is 0.200. The molecular weight excluding hydrogens is 350 g/mol. The average molecular weight is 369 g/mol. The van der Waals surface area contributed by atoms with E-state index in [1.807, 2.05) is 25.1 Å². The summed E-state index contributed by atoms with van der Waals surface area (Å²) in [7, 11) is 1.57. The van der Waals surface area contributed by atoms with Crippen LogP contribution in [0, 0.1) is 0 Å². The summed E-state index contributed by atoms with van der Waals surface area (Å²) in [6.45, 7) is 2.63. The van der Waals surface area contributed by atoms with Crippen molar-refractivity contribution in [1.29, 1.82) is 0 Å². The Labute approximate surface area is 156 Å². The number of amides is 2. The van der Waals surface area contributed by atoms with Gasteiger partial charge in [-0.1, -0.05) is 31.2 Å². The third kappa shape index (κ3) is 3.75. The predicted molar refractivity (Wildman–Crippen MR) is 104 cm³/mol. The van der Waals surface area contributed by atoms with Crippen molar-refractivity contribution in [2.24, 2.45) is 0 Å². The molecule has 0 bridgehead atoms. The summed E-state index contributed by atoms with van der Waals surface area (Å²) in [5.74, 6) is 0.926. The topological polar surface area (TPSA) is 55.8 Å². The highest BCUT2D eigenvalue weighted by Crippen LogP contribution is 2.36. The summed E-state index contributed by atoms with van der Waals surface area (Å²) in [5, 5.41) is -0.303. The van der Waals surface area contributed by atoms with Gasteiger partial charge in [-0.25, -0.2) is 4.90 Å². The van der Waals surface area contributed by atoms with Crippen LogP contribution in [0.4, 0.5) is 10.5 Å². The average Bonchev–Trinajstić information content (AvgIpc) is 2.94. The van der Waals surface area contributed by atoms with Gasteiger partial charge in [0.25, 0.3) is 11.1 Å². The maximum atomic E-state index is 12.6. The SMILES string of the molecule is CCCOc1ccc(/C=C2/SC(=O)N(c3ccccc3)C2=O)cc1OC. The van der Waals surface area contributed by atoms with Gasteiger partial charge in [0.2, 0.25) is 0 Å². The van der Waals surface area contributed by atoms with E-state index >= 15 is 0 Å². The summed E-state index contributed by atoms with van der Waals surface area (Å²) in [6.07, 6.45) is 2.59. The molecule has 0 aliphatic carbocycles. The Kier molecular flexibility index (Phi) is 5.63. The molecule has 1 heterocycles. The van der Waals surface area contributed by atoms with Gasteiger partial charge in [0.15, 0.2) is 11.5 Å². The summed E-state index contributed by atoms with van der Waals surface area (Å²) in [4.78, 5) is 26.5. The number of carbonyl (C=O) groups is 2. The van der Waals surface area contributed by atoms with Crippen molar-refractivity contribution >= 4 is 34.7 Å². The van der Waals surface area contributed by atoms with Crippen LogP contribution in [0.25, 0.3) is 6.08 Å². The van der Waals surface area contributed by atoms with E-state index in [1.165, 1.54) is 4.90 Å². The Balaban J connectivity index is 1.86. The molecule has 0 radical (unpaired) electrons. The lowest BCUT2D eigenvalue weighted by Gasteiger charge is -2.12. The smallest absolute Gasteiger partial charge is 0.298 e. The number of methoxy groups -OCH3 is 1. The van der Waals surface area contributed by atoms with Crippen LogP contribution in [0.3, 0.4) is 0 Å². The lowest BCUT2D eigenvalue weighted by atomic mass is 10.2. The van der Waals surface area contributed by atoms with Gasteiger partial charge in [-0.05, 0) is 54.1 Å². The van der Waals surface area contributed by atoms with E-state index in [1.54, 1.807) is 43.5 Å². The molecule has 26 heavy (non-hydrogen) atoms. The van der Waals surface area contributed by atoms with Gasteiger partial charge in [0.1, 0.15) is 0 Å². The van der Waals surface area contributed by atoms with E-state index in [0.717, 1.165) is 23.7 Å². The molecule has 2 aromatic rings. The Morgan fingerprint density at radius 3 is 2.54 bits per heavy atom. The number of carbonyl (C=O) groups excluding carboxylic acids is 2. The van der Waals surface area contributed by atoms with Crippen molar-refractivity contribution in [2.75, 3.05) is 18.6 Å². The van der Waals surface area contributed by atoms with Gasteiger partial charge in [-0.2, -0.15) is 0 Å². The second-order valence-corrected chi connectivity index (χ2v) is 6.60. The zero-order valence-electron chi connectivity index (χ0n) is 14.6. The number of nitrogens with zero attached hydrogens (tertiary/aromatic N) is 1. The van der Waals surface area contributed by atoms with Crippen LogP contribution >= 0.6 is 11.8 Å². The van der Waals surface area contributed by atoms with Gasteiger partial charge >= 0.3 is 0 Å². The fourth-order valence-electron chi connectivity index (χ4n) is 2.52. The molecule has 1 aliphatic heterocycles. The highest BCUT2D eigenvalue weighted by molar-refractivity contribution is 8.19. The van der Waals surface area contributed by atoms with E-state index in [9.17, 15) is 9.59 Å². The molecule has 5 nitrogen and oxygen atoms in total. The first kappa shape index (κ1) is 18.1. The van der Waals surface area contributed by atoms with Crippen LogP contribution in [0.15, 0.2) is 53.4 Å². The summed E-state index contributed by atoms with van der Waals surface area (Å²) in [6, 6.07) is 14.3. The van der Waals surface area contributed by atoms with Crippen LogP contribution in [0.2, 0.25) is 0 Å². The molecule has 0 spiro atoms. The van der Waals surface area contributed by atoms with Crippen molar-refractivity contribution in [3.63, 3.8) is 0 Å². The first-order valence-corrected chi connectivity index (χ1v) is 9.09. The molecule has 6 heteroatoms. The maximum absolute atomic E-state index is 12.6. The zero-order chi connectivity index (χ0) is 18.5. The Hall–Kier alpha value is -2.73. The van der Waals surface area contributed by atoms with Crippen LogP contribution in [-0.2, 0) is 4.79 Å². The number of rotatable bonds is 6. The maximum Gasteiger partial charge on any atom is 0.298 e. The zero-order valence-corrected chi connectivity index (χ0v) is 15.4. The number of hydrogen-bond acceptors (Lipinski definition) is 5. The van der Waals surface area contributed by atoms with Gasteiger partial charge in [-0.3, -0.25) is 9.59 Å². The molecular formula is C20H19NO4S. The molecule has 1 aliphatic rings. The van der Waals surface area contributed by atoms with E-state index in [4.69, 9.17) is 9.47 Å². The standard InChI is InChI=1S/C20H19NO4S/c1-3-11-25-16-10-9-14(12-17(16)24-2)13-18-19(22)21(20(23)26-18)15-7-5-4-6-8-15/h4-10,12-13H,3,11H2,1-2H3/b18-13+. The Bertz CT molecular complexity index is 848. The molecule has 0 atom stereocenters. The minimum absolute atomic E-state index is 0.303. The molecule has 0 aromatic heterocycles. The third-order valence-corrected chi connectivity index (χ3v) is 4.62. The van der Waals surface area contributed by atoms with Crippen LogP contribution in [-0.4, -0.2) is 24.9 Å². The summed E-state index contributed by atoms with van der Waals surface area (Å²) < 4.78 is 11.0. The first-order valence-electron chi connectivity index (χ1n) is 8.28. The molecule has 2 aromatic carbocycles. The summed E-state index contributed by atoms with van der Waals surface area (Å²) >= 11 is 0.929. The lowest BCUT2D eigenvalue weighted by Crippen LogP contribution is -2.27. The first-order chi connectivity index (χ1) is 12.6. The normalized spacial score (nSPS) is 15.6. The van der Waals surface area contributed by atoms with Gasteiger partial charge in [0, 0.05) is 0 Å². The fourth-order valence-corrected chi connectivity index (χ4v) is 3.37. The molecule has 1 saturated heterocycles. The number of thioether (sulfide) groups is 1. The Morgan fingerprint density at radius 1 is 1.08 bits per heavy atom. The van der Waals surface area contributed by atoms with Crippen LogP contribution in [0.5, 0.6) is 11.5 Å². The largest absolute Gasteiger partial charge is 0.493 e. The van der Waals surface area contributed by atoms with Gasteiger partial charge in [0.05, 0.1) is 24.3 Å². The molecule has 2 amide bonds. The molecule has 3 rings (SSSR count). The highest BCUT2D eigenvalue weighted by Gasteiger charge is 2.36. The minimum atomic E-state index is -0.323. The van der Waals surface area contributed by atoms with E-state index in [2.05, 4.69) is 0 Å². The molecule has 0 unspecified atom stereocenters. The molecule has 134 valence electrons. The van der Waals surface area contributed by atoms with Crippen molar-refractivity contribution in [3.05, 3.63) is 59.0 Å². The van der Waals surface area contributed by atoms with Gasteiger partial charge in [-0.15, -0.1) is 0 Å². The second-order valence-electron chi connectivity index (χ2n) is 5.61. The quantitative estimate of drug-likeness (QED) is 0.689. The van der Waals surface area contributed by atoms with Crippen LogP contribution < -0.4 is 14.4 Å². The van der Waals surface area contributed by atoms with E-state index < -0.39 is 0 Å². The monoisotopic (exact) mass is 369 g/mol. The number of para-hydroxylation sites is 1. The minimum Gasteiger partial charge on any atom is -0.493 e.